The van der Waals surface area contributed by atoms with E-state index >= 15 is 0 Å². The zero-order valence-electron chi connectivity index (χ0n) is 11.5. The molecule has 0 saturated carbocycles. The van der Waals surface area contributed by atoms with Crippen LogP contribution in [-0.4, -0.2) is 37.8 Å². The average molecular weight is 273 g/mol. The maximum Gasteiger partial charge on any atom is 0.278 e. The number of aromatic nitrogens is 5. The molecule has 8 heteroatoms. The zero-order valence-corrected chi connectivity index (χ0v) is 11.5. The van der Waals surface area contributed by atoms with Crippen LogP contribution in [0.15, 0.2) is 12.1 Å². The van der Waals surface area contributed by atoms with Crippen LogP contribution >= 0.6 is 0 Å². The molecular formula is C12H15N7O. The van der Waals surface area contributed by atoms with Gasteiger partial charge in [0.05, 0.1) is 11.4 Å². The smallest absolute Gasteiger partial charge is 0.278 e. The van der Waals surface area contributed by atoms with Gasteiger partial charge in [-0.05, 0) is 32.9 Å². The molecule has 0 aliphatic heterocycles. The number of nitrogens with one attached hydrogen (secondary N) is 2. The summed E-state index contributed by atoms with van der Waals surface area (Å²) in [5.74, 6) is 0.342. The quantitative estimate of drug-likeness (QED) is 0.854. The summed E-state index contributed by atoms with van der Waals surface area (Å²) in [7, 11) is 0. The van der Waals surface area contributed by atoms with Gasteiger partial charge < -0.3 is 5.32 Å². The molecule has 2 aromatic heterocycles. The molecule has 0 atom stereocenters. The van der Waals surface area contributed by atoms with Crippen molar-refractivity contribution in [2.45, 2.75) is 20.8 Å². The number of hydrogen-bond donors (Lipinski definition) is 2. The molecule has 0 bridgehead atoms. The number of aryl methyl sites for hydroxylation is 2. The number of anilines is 2. The minimum atomic E-state index is -0.425. The number of carbonyl (C=O) groups excluding carboxylic acids is 1. The molecule has 2 aromatic rings. The van der Waals surface area contributed by atoms with E-state index in [2.05, 4.69) is 36.0 Å². The highest BCUT2D eigenvalue weighted by molar-refractivity contribution is 6.01. The first-order valence-corrected chi connectivity index (χ1v) is 6.17. The lowest BCUT2D eigenvalue weighted by Gasteiger charge is -2.05. The Bertz CT molecular complexity index is 612. The predicted octanol–water partition coefficient (Wildman–Crippen LogP) is 0.963. The Morgan fingerprint density at radius 2 is 1.90 bits per heavy atom. The van der Waals surface area contributed by atoms with Crippen LogP contribution in [0.4, 0.5) is 11.8 Å². The van der Waals surface area contributed by atoms with Crippen molar-refractivity contribution in [2.24, 2.45) is 0 Å². The fourth-order valence-electron chi connectivity index (χ4n) is 1.40. The molecule has 0 radical (unpaired) electrons. The van der Waals surface area contributed by atoms with Gasteiger partial charge in [0, 0.05) is 6.54 Å². The number of amides is 1. The van der Waals surface area contributed by atoms with Crippen molar-refractivity contribution in [1.29, 1.82) is 0 Å². The summed E-state index contributed by atoms with van der Waals surface area (Å²) in [6, 6.07) is 3.26. The van der Waals surface area contributed by atoms with E-state index in [9.17, 15) is 4.79 Å². The molecular weight excluding hydrogens is 258 g/mol. The third-order valence-corrected chi connectivity index (χ3v) is 2.57. The van der Waals surface area contributed by atoms with Gasteiger partial charge in [-0.3, -0.25) is 10.1 Å². The first kappa shape index (κ1) is 13.8. The van der Waals surface area contributed by atoms with Gasteiger partial charge in [-0.1, -0.05) is 0 Å². The molecule has 0 saturated heterocycles. The van der Waals surface area contributed by atoms with Crippen molar-refractivity contribution >= 4 is 17.7 Å². The van der Waals surface area contributed by atoms with Crippen LogP contribution in [0.1, 0.15) is 28.8 Å². The number of nitrogens with zero attached hydrogens (tertiary/aromatic N) is 5. The highest BCUT2D eigenvalue weighted by Crippen LogP contribution is 2.05. The molecule has 0 spiro atoms. The first-order chi connectivity index (χ1) is 9.60. The molecule has 0 fully saturated rings. The van der Waals surface area contributed by atoms with E-state index in [1.807, 2.05) is 6.92 Å². The monoisotopic (exact) mass is 273 g/mol. The van der Waals surface area contributed by atoms with Crippen LogP contribution in [0, 0.1) is 13.8 Å². The third kappa shape index (κ3) is 3.22. The van der Waals surface area contributed by atoms with Crippen molar-refractivity contribution in [3.05, 3.63) is 29.2 Å². The van der Waals surface area contributed by atoms with Crippen LogP contribution in [0.5, 0.6) is 0 Å². The molecule has 20 heavy (non-hydrogen) atoms. The van der Waals surface area contributed by atoms with E-state index < -0.39 is 5.91 Å². The maximum absolute atomic E-state index is 11.9. The molecule has 2 rings (SSSR count). The largest absolute Gasteiger partial charge is 0.369 e. The average Bonchev–Trinajstić information content (AvgIpc) is 2.44. The van der Waals surface area contributed by atoms with Crippen LogP contribution in [0.25, 0.3) is 0 Å². The van der Waals surface area contributed by atoms with Crippen molar-refractivity contribution in [3.8, 4) is 0 Å². The van der Waals surface area contributed by atoms with E-state index in [0.717, 1.165) is 12.2 Å². The minimum absolute atomic E-state index is 0.149. The summed E-state index contributed by atoms with van der Waals surface area (Å²) in [6.07, 6.45) is 0. The molecule has 0 aliphatic rings. The van der Waals surface area contributed by atoms with E-state index in [1.165, 1.54) is 0 Å². The Morgan fingerprint density at radius 1 is 1.10 bits per heavy atom. The lowest BCUT2D eigenvalue weighted by molar-refractivity contribution is 0.102. The summed E-state index contributed by atoms with van der Waals surface area (Å²) in [6.45, 7) is 6.28. The van der Waals surface area contributed by atoms with Crippen molar-refractivity contribution in [1.82, 2.24) is 25.4 Å². The van der Waals surface area contributed by atoms with Gasteiger partial charge in [0.1, 0.15) is 5.82 Å². The second kappa shape index (κ2) is 6.00. The number of rotatable bonds is 4. The second-order valence-corrected chi connectivity index (χ2v) is 4.09. The van der Waals surface area contributed by atoms with Gasteiger partial charge in [0.25, 0.3) is 5.91 Å². The molecule has 0 aromatic carbocycles. The normalized spacial score (nSPS) is 10.2. The minimum Gasteiger partial charge on any atom is -0.369 e. The molecule has 2 heterocycles. The van der Waals surface area contributed by atoms with E-state index in [-0.39, 0.29) is 11.6 Å². The Labute approximate surface area is 116 Å². The fraction of sp³-hybridized carbons (Fsp3) is 0.333. The van der Waals surface area contributed by atoms with Crippen molar-refractivity contribution in [2.75, 3.05) is 17.2 Å². The Morgan fingerprint density at radius 3 is 2.50 bits per heavy atom. The molecule has 1 amide bonds. The topological polar surface area (TPSA) is 106 Å². The second-order valence-electron chi connectivity index (χ2n) is 4.09. The van der Waals surface area contributed by atoms with Crippen LogP contribution in [0.2, 0.25) is 0 Å². The highest BCUT2D eigenvalue weighted by atomic mass is 16.2. The van der Waals surface area contributed by atoms with Crippen molar-refractivity contribution in [3.63, 3.8) is 0 Å². The zero-order chi connectivity index (χ0) is 14.5. The molecule has 8 nitrogen and oxygen atoms in total. The standard InChI is InChI=1S/C12H15N7O/c1-4-13-10-6-5-9(17-18-10)11(20)15-12-14-7(2)8(3)16-19-12/h5-6H,4H2,1-3H3,(H,13,18)(H,14,15,19,20). The summed E-state index contributed by atoms with van der Waals surface area (Å²) in [4.78, 5) is 16.1. The summed E-state index contributed by atoms with van der Waals surface area (Å²) >= 11 is 0. The predicted molar refractivity (Wildman–Crippen MR) is 73.4 cm³/mol. The van der Waals surface area contributed by atoms with Gasteiger partial charge in [0.2, 0.25) is 5.95 Å². The van der Waals surface area contributed by atoms with Crippen LogP contribution < -0.4 is 10.6 Å². The molecule has 104 valence electrons. The van der Waals surface area contributed by atoms with Gasteiger partial charge in [0.15, 0.2) is 5.69 Å². The van der Waals surface area contributed by atoms with Gasteiger partial charge in [-0.2, -0.15) is 5.10 Å². The lowest BCUT2D eigenvalue weighted by Crippen LogP contribution is -2.17. The van der Waals surface area contributed by atoms with Crippen LogP contribution in [-0.2, 0) is 0 Å². The summed E-state index contributed by atoms with van der Waals surface area (Å²) in [5, 5.41) is 20.9. The molecule has 0 unspecified atom stereocenters. The molecule has 0 aliphatic carbocycles. The summed E-state index contributed by atoms with van der Waals surface area (Å²) < 4.78 is 0. The van der Waals surface area contributed by atoms with Crippen molar-refractivity contribution < 1.29 is 4.79 Å². The first-order valence-electron chi connectivity index (χ1n) is 6.17. The fourth-order valence-corrected chi connectivity index (χ4v) is 1.40. The van der Waals surface area contributed by atoms with E-state index in [4.69, 9.17) is 0 Å². The lowest BCUT2D eigenvalue weighted by atomic mass is 10.3. The van der Waals surface area contributed by atoms with E-state index in [0.29, 0.717) is 11.5 Å². The van der Waals surface area contributed by atoms with Gasteiger partial charge in [-0.25, -0.2) is 4.98 Å². The molecule has 2 N–H and O–H groups in total. The Balaban J connectivity index is 2.09. The number of hydrogen-bond acceptors (Lipinski definition) is 7. The van der Waals surface area contributed by atoms with Crippen LogP contribution in [0.3, 0.4) is 0 Å². The number of carbonyl (C=O) groups is 1. The summed E-state index contributed by atoms with van der Waals surface area (Å²) in [5.41, 5.74) is 1.62. The van der Waals surface area contributed by atoms with Gasteiger partial charge in [-0.15, -0.1) is 15.3 Å². The Hall–Kier alpha value is -2.64. The SMILES string of the molecule is CCNc1ccc(C(=O)Nc2nnc(C)c(C)n2)nn1. The Kier molecular flexibility index (Phi) is 4.14. The van der Waals surface area contributed by atoms with E-state index in [1.54, 1.807) is 26.0 Å². The highest BCUT2D eigenvalue weighted by Gasteiger charge is 2.11. The maximum atomic E-state index is 11.9. The third-order valence-electron chi connectivity index (χ3n) is 2.57. The van der Waals surface area contributed by atoms with Gasteiger partial charge >= 0.3 is 0 Å².